The summed E-state index contributed by atoms with van der Waals surface area (Å²) < 4.78 is 8.88. The van der Waals surface area contributed by atoms with Crippen LogP contribution in [0.15, 0.2) is 0 Å². The largest absolute Gasteiger partial charge is 0.481 e. The van der Waals surface area contributed by atoms with Crippen molar-refractivity contribution >= 4 is 55.3 Å². The van der Waals surface area contributed by atoms with Crippen LogP contribution in [-0.4, -0.2) is 88.2 Å². The molecule has 0 aliphatic heterocycles. The van der Waals surface area contributed by atoms with Crippen molar-refractivity contribution in [2.24, 2.45) is 0 Å². The monoisotopic (exact) mass is 313 g/mol. The number of hydrogen-bond acceptors (Lipinski definition) is 5. The third-order valence-electron chi connectivity index (χ3n) is 1.29. The van der Waals surface area contributed by atoms with Gasteiger partial charge in [0.2, 0.25) is 0 Å². The molecule has 7 N–H and O–H groups in total. The van der Waals surface area contributed by atoms with Gasteiger partial charge in [0, 0.05) is 29.6 Å². The van der Waals surface area contributed by atoms with Gasteiger partial charge >= 0.3 is 25.7 Å². The molecule has 1 radical (unpaired) electrons. The molecular weight excluding hydrogens is 302 g/mol. The second-order valence-corrected chi connectivity index (χ2v) is 4.02. The van der Waals surface area contributed by atoms with Gasteiger partial charge in [-0.25, -0.2) is 9.36 Å². The Hall–Kier alpha value is -0.520. The first kappa shape index (κ1) is 23.6. The van der Waals surface area contributed by atoms with Gasteiger partial charge in [0.05, 0.1) is 12.8 Å². The van der Waals surface area contributed by atoms with Crippen molar-refractivity contribution in [3.8, 4) is 0 Å². The molecule has 11 nitrogen and oxygen atoms in total. The SMILES string of the molecule is O=C(O)CC(O)(CC(=O)O)C(=O)O.O=P(O)(O)O.[Na]. The van der Waals surface area contributed by atoms with Gasteiger partial charge in [-0.15, -0.1) is 0 Å². The van der Waals surface area contributed by atoms with Gasteiger partial charge in [-0.3, -0.25) is 9.59 Å². The molecule has 0 aliphatic carbocycles. The summed E-state index contributed by atoms with van der Waals surface area (Å²) >= 11 is 0. The summed E-state index contributed by atoms with van der Waals surface area (Å²) in [5, 5.41) is 33.8. The Morgan fingerprint density at radius 3 is 1.21 bits per heavy atom. The van der Waals surface area contributed by atoms with E-state index in [4.69, 9.17) is 39.7 Å². The number of aliphatic carboxylic acids is 3. The summed E-state index contributed by atoms with van der Waals surface area (Å²) in [5.74, 6) is -5.02. The van der Waals surface area contributed by atoms with Crippen LogP contribution in [-0.2, 0) is 18.9 Å². The van der Waals surface area contributed by atoms with Gasteiger partial charge in [0.1, 0.15) is 0 Å². The van der Waals surface area contributed by atoms with Crippen molar-refractivity contribution in [3.63, 3.8) is 0 Å². The average Bonchev–Trinajstić information content (AvgIpc) is 1.95. The van der Waals surface area contributed by atoms with Crippen molar-refractivity contribution in [1.82, 2.24) is 0 Å². The zero-order valence-corrected chi connectivity index (χ0v) is 12.5. The normalized spacial score (nSPS) is 10.5. The second-order valence-electron chi connectivity index (χ2n) is 2.99. The Kier molecular flexibility index (Phi) is 11.7. The molecule has 0 spiro atoms. The van der Waals surface area contributed by atoms with Crippen LogP contribution in [0.5, 0.6) is 0 Å². The maximum absolute atomic E-state index is 10.3. The Morgan fingerprint density at radius 1 is 0.895 bits per heavy atom. The number of phosphoric acid groups is 1. The van der Waals surface area contributed by atoms with E-state index < -0.39 is 44.2 Å². The number of hydrogen-bond donors (Lipinski definition) is 7. The van der Waals surface area contributed by atoms with Crippen LogP contribution in [0.1, 0.15) is 12.8 Å². The molecule has 19 heavy (non-hydrogen) atoms. The zero-order chi connectivity index (χ0) is 15.1. The molecule has 0 amide bonds. The Morgan fingerprint density at radius 2 is 1.11 bits per heavy atom. The number of carbonyl (C=O) groups is 3. The summed E-state index contributed by atoms with van der Waals surface area (Å²) in [6, 6.07) is 0. The van der Waals surface area contributed by atoms with Crippen molar-refractivity contribution in [3.05, 3.63) is 0 Å². The van der Waals surface area contributed by atoms with E-state index in [1.54, 1.807) is 0 Å². The molecule has 0 saturated heterocycles. The minimum Gasteiger partial charge on any atom is -0.481 e. The van der Waals surface area contributed by atoms with Crippen LogP contribution in [0.3, 0.4) is 0 Å². The van der Waals surface area contributed by atoms with Crippen molar-refractivity contribution in [2.75, 3.05) is 0 Å². The molecule has 0 rings (SSSR count). The molecule has 107 valence electrons. The predicted octanol–water partition coefficient (Wildman–Crippen LogP) is -2.56. The van der Waals surface area contributed by atoms with Crippen molar-refractivity contribution < 1.29 is 54.1 Å². The number of rotatable bonds is 5. The van der Waals surface area contributed by atoms with Crippen LogP contribution < -0.4 is 0 Å². The van der Waals surface area contributed by atoms with Crippen LogP contribution in [0, 0.1) is 0 Å². The van der Waals surface area contributed by atoms with Crippen LogP contribution >= 0.6 is 7.82 Å². The minimum atomic E-state index is -4.64. The van der Waals surface area contributed by atoms with Gasteiger partial charge in [-0.1, -0.05) is 0 Å². The zero-order valence-electron chi connectivity index (χ0n) is 9.62. The van der Waals surface area contributed by atoms with Crippen molar-refractivity contribution in [1.29, 1.82) is 0 Å². The maximum Gasteiger partial charge on any atom is 0.466 e. The van der Waals surface area contributed by atoms with Gasteiger partial charge in [0.25, 0.3) is 0 Å². The molecule has 0 bridgehead atoms. The molecule has 0 heterocycles. The van der Waals surface area contributed by atoms with E-state index in [0.717, 1.165) is 0 Å². The maximum atomic E-state index is 10.3. The fraction of sp³-hybridized carbons (Fsp3) is 0.500. The van der Waals surface area contributed by atoms with E-state index in [1.165, 1.54) is 0 Å². The van der Waals surface area contributed by atoms with Gasteiger partial charge in [-0.2, -0.15) is 0 Å². The molecule has 0 fully saturated rings. The molecule has 0 atom stereocenters. The van der Waals surface area contributed by atoms with Crippen LogP contribution in [0.25, 0.3) is 0 Å². The third-order valence-corrected chi connectivity index (χ3v) is 1.29. The molecule has 13 heteroatoms. The Labute approximate surface area is 128 Å². The molecule has 0 aromatic carbocycles. The van der Waals surface area contributed by atoms with E-state index in [1.807, 2.05) is 0 Å². The van der Waals surface area contributed by atoms with E-state index >= 15 is 0 Å². The first-order valence-corrected chi connectivity index (χ1v) is 5.52. The number of carboxylic acid groups (broad SMARTS) is 3. The van der Waals surface area contributed by atoms with E-state index in [2.05, 4.69) is 0 Å². The van der Waals surface area contributed by atoms with Gasteiger partial charge < -0.3 is 35.1 Å². The number of carboxylic acids is 3. The molecular formula is C6H11NaO11P. The quantitative estimate of drug-likeness (QED) is 0.207. The van der Waals surface area contributed by atoms with Crippen molar-refractivity contribution in [2.45, 2.75) is 18.4 Å². The van der Waals surface area contributed by atoms with Crippen LogP contribution in [0.4, 0.5) is 0 Å². The first-order chi connectivity index (χ1) is 7.78. The second kappa shape index (κ2) is 9.39. The van der Waals surface area contributed by atoms with Gasteiger partial charge in [0.15, 0.2) is 5.60 Å². The molecule has 0 unspecified atom stereocenters. The predicted molar refractivity (Wildman–Crippen MR) is 57.1 cm³/mol. The summed E-state index contributed by atoms with van der Waals surface area (Å²) in [6.45, 7) is 0. The smallest absolute Gasteiger partial charge is 0.466 e. The molecule has 0 aromatic rings. The summed E-state index contributed by atoms with van der Waals surface area (Å²) in [4.78, 5) is 52.0. The van der Waals surface area contributed by atoms with Gasteiger partial charge in [-0.05, 0) is 0 Å². The molecule has 0 saturated carbocycles. The summed E-state index contributed by atoms with van der Waals surface area (Å²) in [6.07, 6.45) is -2.29. The fourth-order valence-corrected chi connectivity index (χ4v) is 0.714. The summed E-state index contributed by atoms with van der Waals surface area (Å²) in [7, 11) is -4.64. The molecule has 0 aliphatic rings. The van der Waals surface area contributed by atoms with E-state index in [-0.39, 0.29) is 29.6 Å². The topological polar surface area (TPSA) is 210 Å². The first-order valence-electron chi connectivity index (χ1n) is 3.95. The average molecular weight is 313 g/mol. The number of aliphatic hydroxyl groups is 1. The third kappa shape index (κ3) is 17.5. The van der Waals surface area contributed by atoms with E-state index in [9.17, 15) is 14.4 Å². The standard InChI is InChI=1S/C6H8O7.Na.H3O4P/c7-3(8)1-6(13,5(11)12)2-4(9)10;;1-5(2,3)4/h13H,1-2H2,(H,7,8)(H,9,10)(H,11,12);;(H3,1,2,3,4). The Bertz CT molecular complexity index is 349. The fourth-order valence-electron chi connectivity index (χ4n) is 0.714. The molecule has 0 aromatic heterocycles. The van der Waals surface area contributed by atoms with E-state index in [0.29, 0.717) is 0 Å². The minimum absolute atomic E-state index is 0. The van der Waals surface area contributed by atoms with Crippen LogP contribution in [0.2, 0.25) is 0 Å². The Balaban J connectivity index is -0.000000366. The summed E-state index contributed by atoms with van der Waals surface area (Å²) in [5.41, 5.74) is -2.74.